The number of benzene rings is 4. The number of aromatic nitrogens is 1. The fourth-order valence-electron chi connectivity index (χ4n) is 10.8. The molecule has 0 saturated heterocycles. The SMILES string of the molecule is c1ccc2c(c1)-c1cc3c(cc1C21C2CC4CC5CC1C2(C4)C5)[nH]c1ccc2ccccc2c13. The van der Waals surface area contributed by atoms with Crippen molar-refractivity contribution >= 4 is 32.6 Å². The fourth-order valence-corrected chi connectivity index (χ4v) is 10.8. The Morgan fingerprint density at radius 1 is 0.647 bits per heavy atom. The molecule has 5 aromatic rings. The van der Waals surface area contributed by atoms with Crippen molar-refractivity contribution in [3.8, 4) is 11.1 Å². The largest absolute Gasteiger partial charge is 0.354 e. The van der Waals surface area contributed by atoms with E-state index in [1.165, 1.54) is 75.8 Å². The number of fused-ring (bicyclic) bond motifs is 14. The summed E-state index contributed by atoms with van der Waals surface area (Å²) in [6, 6.07) is 28.1. The third kappa shape index (κ3) is 1.62. The molecule has 4 atom stereocenters. The van der Waals surface area contributed by atoms with E-state index in [0.29, 0.717) is 5.41 Å². The van der Waals surface area contributed by atoms with Crippen molar-refractivity contribution in [2.24, 2.45) is 29.1 Å². The molecular weight excluding hydrogens is 410 g/mol. The van der Waals surface area contributed by atoms with E-state index in [9.17, 15) is 0 Å². The lowest BCUT2D eigenvalue weighted by Crippen LogP contribution is -2.62. The molecule has 5 aliphatic rings. The third-order valence-corrected chi connectivity index (χ3v) is 11.4. The van der Waals surface area contributed by atoms with Gasteiger partial charge in [-0.15, -0.1) is 0 Å². The quantitative estimate of drug-likeness (QED) is 0.251. The fraction of sp³-hybridized carbons (Fsp3) is 0.333. The van der Waals surface area contributed by atoms with Gasteiger partial charge in [0.2, 0.25) is 0 Å². The summed E-state index contributed by atoms with van der Waals surface area (Å²) < 4.78 is 0. The van der Waals surface area contributed by atoms with Gasteiger partial charge in [-0.05, 0) is 112 Å². The molecule has 4 aromatic carbocycles. The van der Waals surface area contributed by atoms with E-state index in [2.05, 4.69) is 77.8 Å². The maximum atomic E-state index is 3.85. The van der Waals surface area contributed by atoms with Crippen molar-refractivity contribution in [2.75, 3.05) is 0 Å². The Labute approximate surface area is 199 Å². The number of rotatable bonds is 0. The zero-order valence-electron chi connectivity index (χ0n) is 19.3. The van der Waals surface area contributed by atoms with E-state index in [4.69, 9.17) is 0 Å². The zero-order valence-corrected chi connectivity index (χ0v) is 19.3. The molecule has 5 aliphatic carbocycles. The summed E-state index contributed by atoms with van der Waals surface area (Å²) in [6.07, 6.45) is 7.51. The summed E-state index contributed by atoms with van der Waals surface area (Å²) in [5.74, 6) is 3.69. The van der Waals surface area contributed by atoms with E-state index in [1.807, 2.05) is 0 Å². The maximum absolute atomic E-state index is 3.85. The van der Waals surface area contributed by atoms with E-state index in [1.54, 1.807) is 11.1 Å². The maximum Gasteiger partial charge on any atom is 0.0471 e. The highest BCUT2D eigenvalue weighted by Crippen LogP contribution is 2.85. The van der Waals surface area contributed by atoms with Crippen LogP contribution in [0, 0.1) is 29.1 Å². The van der Waals surface area contributed by atoms with Gasteiger partial charge in [0.1, 0.15) is 0 Å². The predicted octanol–water partition coefficient (Wildman–Crippen LogP) is 8.20. The van der Waals surface area contributed by atoms with Crippen molar-refractivity contribution in [2.45, 2.75) is 37.5 Å². The molecule has 0 amide bonds. The highest BCUT2D eigenvalue weighted by molar-refractivity contribution is 6.21. The monoisotopic (exact) mass is 437 g/mol. The van der Waals surface area contributed by atoms with Gasteiger partial charge in [0.15, 0.2) is 0 Å². The topological polar surface area (TPSA) is 15.8 Å². The molecule has 4 fully saturated rings. The van der Waals surface area contributed by atoms with Crippen LogP contribution >= 0.6 is 0 Å². The number of hydrogen-bond acceptors (Lipinski definition) is 0. The predicted molar refractivity (Wildman–Crippen MR) is 139 cm³/mol. The summed E-state index contributed by atoms with van der Waals surface area (Å²) in [7, 11) is 0. The number of H-pyrrole nitrogens is 1. The van der Waals surface area contributed by atoms with E-state index < -0.39 is 0 Å². The van der Waals surface area contributed by atoms with Gasteiger partial charge in [-0.2, -0.15) is 0 Å². The Bertz CT molecular complexity index is 1710. The van der Waals surface area contributed by atoms with E-state index in [-0.39, 0.29) is 5.41 Å². The molecule has 3 bridgehead atoms. The molecule has 1 nitrogen and oxygen atoms in total. The second-order valence-corrected chi connectivity index (χ2v) is 12.4. The van der Waals surface area contributed by atoms with E-state index >= 15 is 0 Å². The summed E-state index contributed by atoms with van der Waals surface area (Å²) in [5, 5.41) is 5.47. The minimum Gasteiger partial charge on any atom is -0.354 e. The Hall–Kier alpha value is -3.06. The van der Waals surface area contributed by atoms with Crippen LogP contribution in [0.2, 0.25) is 0 Å². The molecular formula is C33H27N. The first-order valence-electron chi connectivity index (χ1n) is 13.3. The number of nitrogens with one attached hydrogen (secondary N) is 1. The highest BCUT2D eigenvalue weighted by atomic mass is 14.8. The Kier molecular flexibility index (Phi) is 2.70. The van der Waals surface area contributed by atoms with Crippen molar-refractivity contribution < 1.29 is 0 Å². The van der Waals surface area contributed by atoms with Crippen LogP contribution in [-0.4, -0.2) is 4.98 Å². The van der Waals surface area contributed by atoms with Gasteiger partial charge in [-0.25, -0.2) is 0 Å². The summed E-state index contributed by atoms with van der Waals surface area (Å²) in [6.45, 7) is 0. The minimum atomic E-state index is 0.267. The van der Waals surface area contributed by atoms with Gasteiger partial charge >= 0.3 is 0 Å². The second kappa shape index (κ2) is 5.28. The molecule has 34 heavy (non-hydrogen) atoms. The zero-order chi connectivity index (χ0) is 21.8. The second-order valence-electron chi connectivity index (χ2n) is 12.4. The Morgan fingerprint density at radius 3 is 2.32 bits per heavy atom. The molecule has 4 unspecified atom stereocenters. The molecule has 0 aliphatic heterocycles. The van der Waals surface area contributed by atoms with Crippen molar-refractivity contribution in [3.63, 3.8) is 0 Å². The standard InChI is InChI=1S/C33H27N/c1-2-6-21-20(5-1)9-10-27-31(21)24-14-23-22-7-3-4-8-25(22)33(26(23)15-28(24)34-27)29-12-18-11-19-13-30(33)32(29,16-18)17-19/h1-10,14-15,18-19,29-30,34H,11-13,16-17H2. The molecule has 1 heterocycles. The lowest BCUT2D eigenvalue weighted by Gasteiger charge is -2.64. The van der Waals surface area contributed by atoms with Crippen LogP contribution in [-0.2, 0) is 5.41 Å². The highest BCUT2D eigenvalue weighted by Gasteiger charge is 2.79. The van der Waals surface area contributed by atoms with Crippen LogP contribution in [0.25, 0.3) is 43.7 Å². The molecule has 4 saturated carbocycles. The molecule has 2 spiro atoms. The van der Waals surface area contributed by atoms with Crippen molar-refractivity contribution in [1.29, 1.82) is 0 Å². The lowest BCUT2D eigenvalue weighted by atomic mass is 9.38. The van der Waals surface area contributed by atoms with Gasteiger partial charge in [-0.3, -0.25) is 0 Å². The van der Waals surface area contributed by atoms with Gasteiger partial charge in [0.25, 0.3) is 0 Å². The van der Waals surface area contributed by atoms with Gasteiger partial charge in [0.05, 0.1) is 0 Å². The normalized spacial score (nSPS) is 35.9. The van der Waals surface area contributed by atoms with E-state index in [0.717, 1.165) is 23.7 Å². The van der Waals surface area contributed by atoms with Crippen molar-refractivity contribution in [1.82, 2.24) is 4.98 Å². The number of hydrogen-bond donors (Lipinski definition) is 1. The number of aromatic amines is 1. The van der Waals surface area contributed by atoms with Crippen LogP contribution in [0.3, 0.4) is 0 Å². The lowest BCUT2D eigenvalue weighted by molar-refractivity contribution is -0.0819. The molecule has 1 heteroatoms. The first-order valence-corrected chi connectivity index (χ1v) is 13.3. The van der Waals surface area contributed by atoms with Gasteiger partial charge in [-0.1, -0.05) is 54.6 Å². The Balaban J connectivity index is 1.33. The van der Waals surface area contributed by atoms with Crippen LogP contribution in [0.1, 0.15) is 43.2 Å². The average molecular weight is 438 g/mol. The molecule has 0 radical (unpaired) electrons. The summed E-state index contributed by atoms with van der Waals surface area (Å²) in [4.78, 5) is 3.85. The molecule has 1 aromatic heterocycles. The van der Waals surface area contributed by atoms with Crippen molar-refractivity contribution in [3.05, 3.63) is 83.9 Å². The summed E-state index contributed by atoms with van der Waals surface area (Å²) in [5.41, 5.74) is 9.90. The molecule has 164 valence electrons. The van der Waals surface area contributed by atoms with Crippen LogP contribution in [0.4, 0.5) is 0 Å². The molecule has 1 N–H and O–H groups in total. The smallest absolute Gasteiger partial charge is 0.0471 e. The minimum absolute atomic E-state index is 0.267. The third-order valence-electron chi connectivity index (χ3n) is 11.4. The van der Waals surface area contributed by atoms with Crippen LogP contribution in [0.15, 0.2) is 72.8 Å². The average Bonchev–Trinajstić information content (AvgIpc) is 3.52. The van der Waals surface area contributed by atoms with Crippen LogP contribution < -0.4 is 0 Å². The van der Waals surface area contributed by atoms with Gasteiger partial charge < -0.3 is 4.98 Å². The first-order chi connectivity index (χ1) is 16.8. The molecule has 10 rings (SSSR count). The van der Waals surface area contributed by atoms with Gasteiger partial charge in [0, 0.05) is 27.2 Å². The first kappa shape index (κ1) is 17.4. The summed E-state index contributed by atoms with van der Waals surface area (Å²) >= 11 is 0. The van der Waals surface area contributed by atoms with Crippen LogP contribution in [0.5, 0.6) is 0 Å². The Morgan fingerprint density at radius 2 is 1.44 bits per heavy atom.